The van der Waals surface area contributed by atoms with Gasteiger partial charge in [0.25, 0.3) is 0 Å². The lowest BCUT2D eigenvalue weighted by Gasteiger charge is -2.19. The molecule has 0 aromatic heterocycles. The summed E-state index contributed by atoms with van der Waals surface area (Å²) in [5.41, 5.74) is 6.08. The first-order valence-corrected chi connectivity index (χ1v) is 5.59. The largest absolute Gasteiger partial charge is 0.489 e. The molecular weight excluding hydrogens is 226 g/mol. The molecule has 0 saturated heterocycles. The van der Waals surface area contributed by atoms with E-state index in [-0.39, 0.29) is 5.60 Å². The SMILES string of the molecule is CC(C)(C)OCCOc1cccc(Cl)c1N. The van der Waals surface area contributed by atoms with Crippen LogP contribution in [0.4, 0.5) is 5.69 Å². The molecule has 0 spiro atoms. The maximum absolute atomic E-state index is 5.86. The first kappa shape index (κ1) is 13.1. The Morgan fingerprint density at radius 2 is 1.94 bits per heavy atom. The van der Waals surface area contributed by atoms with E-state index in [4.69, 9.17) is 26.8 Å². The third-order valence-electron chi connectivity index (χ3n) is 1.89. The van der Waals surface area contributed by atoms with Crippen molar-refractivity contribution in [3.63, 3.8) is 0 Å². The van der Waals surface area contributed by atoms with E-state index < -0.39 is 0 Å². The number of para-hydroxylation sites is 1. The summed E-state index contributed by atoms with van der Waals surface area (Å²) in [5.74, 6) is 0.602. The molecule has 3 nitrogen and oxygen atoms in total. The monoisotopic (exact) mass is 243 g/mol. The third kappa shape index (κ3) is 4.29. The summed E-state index contributed by atoms with van der Waals surface area (Å²) in [7, 11) is 0. The number of hydrogen-bond donors (Lipinski definition) is 1. The van der Waals surface area contributed by atoms with Gasteiger partial charge in [-0.15, -0.1) is 0 Å². The Morgan fingerprint density at radius 3 is 2.56 bits per heavy atom. The highest BCUT2D eigenvalue weighted by molar-refractivity contribution is 6.33. The van der Waals surface area contributed by atoms with Crippen LogP contribution in [0, 0.1) is 0 Å². The molecule has 0 aliphatic rings. The zero-order valence-electron chi connectivity index (χ0n) is 9.92. The van der Waals surface area contributed by atoms with Gasteiger partial charge in [0.1, 0.15) is 12.4 Å². The Labute approximate surface area is 101 Å². The van der Waals surface area contributed by atoms with Crippen LogP contribution in [0.3, 0.4) is 0 Å². The van der Waals surface area contributed by atoms with Crippen LogP contribution in [0.15, 0.2) is 18.2 Å². The van der Waals surface area contributed by atoms with E-state index in [2.05, 4.69) is 0 Å². The lowest BCUT2D eigenvalue weighted by atomic mass is 10.2. The Hall–Kier alpha value is -0.930. The summed E-state index contributed by atoms with van der Waals surface area (Å²) in [6.45, 7) is 6.99. The van der Waals surface area contributed by atoms with E-state index in [0.29, 0.717) is 29.7 Å². The molecule has 0 amide bonds. The van der Waals surface area contributed by atoms with E-state index >= 15 is 0 Å². The maximum Gasteiger partial charge on any atom is 0.143 e. The zero-order valence-corrected chi connectivity index (χ0v) is 10.7. The van der Waals surface area contributed by atoms with Crippen LogP contribution in [0.5, 0.6) is 5.75 Å². The van der Waals surface area contributed by atoms with Crippen LogP contribution in [-0.4, -0.2) is 18.8 Å². The van der Waals surface area contributed by atoms with Gasteiger partial charge in [0.2, 0.25) is 0 Å². The molecule has 4 heteroatoms. The molecule has 1 aromatic carbocycles. The summed E-state index contributed by atoms with van der Waals surface area (Å²) in [4.78, 5) is 0. The van der Waals surface area contributed by atoms with Crippen LogP contribution in [-0.2, 0) is 4.74 Å². The van der Waals surface area contributed by atoms with Crippen LogP contribution in [0.1, 0.15) is 20.8 Å². The van der Waals surface area contributed by atoms with Crippen molar-refractivity contribution in [1.29, 1.82) is 0 Å². The van der Waals surface area contributed by atoms with Crippen molar-refractivity contribution in [3.05, 3.63) is 23.2 Å². The zero-order chi connectivity index (χ0) is 12.2. The molecule has 90 valence electrons. The number of nitrogen functional groups attached to an aromatic ring is 1. The van der Waals surface area contributed by atoms with Crippen LogP contribution >= 0.6 is 11.6 Å². The number of benzene rings is 1. The molecule has 16 heavy (non-hydrogen) atoms. The predicted molar refractivity (Wildman–Crippen MR) is 67.1 cm³/mol. The Balaban J connectivity index is 2.41. The molecule has 0 aliphatic heterocycles. The van der Waals surface area contributed by atoms with E-state index in [0.717, 1.165) is 0 Å². The standard InChI is InChI=1S/C12H18ClNO2/c1-12(2,3)16-8-7-15-10-6-4-5-9(13)11(10)14/h4-6H,7-8,14H2,1-3H3. The molecule has 0 unspecified atom stereocenters. The summed E-state index contributed by atoms with van der Waals surface area (Å²) < 4.78 is 11.0. The topological polar surface area (TPSA) is 44.5 Å². The van der Waals surface area contributed by atoms with Gasteiger partial charge in [-0.05, 0) is 32.9 Å². The molecule has 1 rings (SSSR count). The van der Waals surface area contributed by atoms with Gasteiger partial charge in [0.15, 0.2) is 0 Å². The van der Waals surface area contributed by atoms with Crippen LogP contribution < -0.4 is 10.5 Å². The molecular formula is C12H18ClNO2. The average Bonchev–Trinajstić information content (AvgIpc) is 2.17. The first-order chi connectivity index (χ1) is 7.40. The highest BCUT2D eigenvalue weighted by Gasteiger charge is 2.10. The second-order valence-electron chi connectivity index (χ2n) is 4.46. The summed E-state index contributed by atoms with van der Waals surface area (Å²) in [6, 6.07) is 5.33. The fraction of sp³-hybridized carbons (Fsp3) is 0.500. The van der Waals surface area contributed by atoms with E-state index in [1.807, 2.05) is 20.8 Å². The first-order valence-electron chi connectivity index (χ1n) is 5.21. The minimum absolute atomic E-state index is 0.150. The lowest BCUT2D eigenvalue weighted by Crippen LogP contribution is -2.22. The Bertz CT molecular complexity index is 347. The van der Waals surface area contributed by atoms with Gasteiger partial charge in [0.05, 0.1) is 22.9 Å². The van der Waals surface area contributed by atoms with Crippen LogP contribution in [0.2, 0.25) is 5.02 Å². The van der Waals surface area contributed by atoms with Gasteiger partial charge in [-0.25, -0.2) is 0 Å². The molecule has 0 heterocycles. The van der Waals surface area contributed by atoms with Gasteiger partial charge in [-0.3, -0.25) is 0 Å². The van der Waals surface area contributed by atoms with E-state index in [1.165, 1.54) is 0 Å². The van der Waals surface area contributed by atoms with Crippen molar-refractivity contribution in [2.45, 2.75) is 26.4 Å². The number of halogens is 1. The van der Waals surface area contributed by atoms with Gasteiger partial charge in [0, 0.05) is 0 Å². The smallest absolute Gasteiger partial charge is 0.143 e. The van der Waals surface area contributed by atoms with Crippen LogP contribution in [0.25, 0.3) is 0 Å². The number of hydrogen-bond acceptors (Lipinski definition) is 3. The second kappa shape index (κ2) is 5.41. The number of ether oxygens (including phenoxy) is 2. The number of nitrogens with two attached hydrogens (primary N) is 1. The van der Waals surface area contributed by atoms with Crippen molar-refractivity contribution < 1.29 is 9.47 Å². The highest BCUT2D eigenvalue weighted by Crippen LogP contribution is 2.28. The predicted octanol–water partition coefficient (Wildman–Crippen LogP) is 3.12. The fourth-order valence-corrected chi connectivity index (χ4v) is 1.31. The Morgan fingerprint density at radius 1 is 1.25 bits per heavy atom. The minimum Gasteiger partial charge on any atom is -0.489 e. The summed E-state index contributed by atoms with van der Waals surface area (Å²) in [6.07, 6.45) is 0. The van der Waals surface area contributed by atoms with Crippen molar-refractivity contribution in [2.75, 3.05) is 18.9 Å². The van der Waals surface area contributed by atoms with E-state index in [1.54, 1.807) is 18.2 Å². The molecule has 0 aliphatic carbocycles. The molecule has 0 fully saturated rings. The molecule has 0 atom stereocenters. The summed E-state index contributed by atoms with van der Waals surface area (Å²) >= 11 is 5.86. The van der Waals surface area contributed by atoms with Crippen molar-refractivity contribution in [3.8, 4) is 5.75 Å². The molecule has 0 radical (unpaired) electrons. The third-order valence-corrected chi connectivity index (χ3v) is 2.22. The fourth-order valence-electron chi connectivity index (χ4n) is 1.14. The minimum atomic E-state index is -0.150. The molecule has 0 bridgehead atoms. The molecule has 1 aromatic rings. The van der Waals surface area contributed by atoms with Crippen molar-refractivity contribution >= 4 is 17.3 Å². The highest BCUT2D eigenvalue weighted by atomic mass is 35.5. The van der Waals surface area contributed by atoms with Gasteiger partial charge < -0.3 is 15.2 Å². The quantitative estimate of drug-likeness (QED) is 0.653. The normalized spacial score (nSPS) is 11.5. The van der Waals surface area contributed by atoms with Gasteiger partial charge in [-0.1, -0.05) is 17.7 Å². The van der Waals surface area contributed by atoms with Crippen molar-refractivity contribution in [1.82, 2.24) is 0 Å². The Kier molecular flexibility index (Phi) is 4.44. The van der Waals surface area contributed by atoms with Gasteiger partial charge in [-0.2, -0.15) is 0 Å². The number of anilines is 1. The maximum atomic E-state index is 5.86. The lowest BCUT2D eigenvalue weighted by molar-refractivity contribution is -0.0162. The second-order valence-corrected chi connectivity index (χ2v) is 4.87. The molecule has 0 saturated carbocycles. The summed E-state index contributed by atoms with van der Waals surface area (Å²) in [5, 5.41) is 0.509. The van der Waals surface area contributed by atoms with Gasteiger partial charge >= 0.3 is 0 Å². The molecule has 2 N–H and O–H groups in total. The van der Waals surface area contributed by atoms with E-state index in [9.17, 15) is 0 Å². The average molecular weight is 244 g/mol. The number of rotatable bonds is 4. The van der Waals surface area contributed by atoms with Crippen molar-refractivity contribution in [2.24, 2.45) is 0 Å².